The van der Waals surface area contributed by atoms with Crippen LogP contribution in [0.15, 0.2) is 72.8 Å². The molecule has 3 aromatic carbocycles. The first kappa shape index (κ1) is 21.4. The number of nitrogens with zero attached hydrogens (tertiary/aromatic N) is 1. The lowest BCUT2D eigenvalue weighted by molar-refractivity contribution is -0.142. The second-order valence-corrected chi connectivity index (χ2v) is 7.61. The number of ether oxygens (including phenoxy) is 1. The van der Waals surface area contributed by atoms with Crippen LogP contribution in [0.1, 0.15) is 26.3 Å². The summed E-state index contributed by atoms with van der Waals surface area (Å²) in [6.45, 7) is 5.75. The first-order valence-electron chi connectivity index (χ1n) is 10.2. The molecule has 0 saturated heterocycles. The van der Waals surface area contributed by atoms with Crippen molar-refractivity contribution in [2.45, 2.75) is 39.4 Å². The molecular weight excluding hydrogens is 376 g/mol. The molecule has 0 aliphatic carbocycles. The Balaban J connectivity index is 1.77. The quantitative estimate of drug-likeness (QED) is 0.613. The topological polar surface area (TPSA) is 58.6 Å². The van der Waals surface area contributed by atoms with Gasteiger partial charge in [-0.15, -0.1) is 0 Å². The minimum absolute atomic E-state index is 0.000519. The minimum Gasteiger partial charge on any atom is -0.483 e. The van der Waals surface area contributed by atoms with E-state index in [0.717, 1.165) is 16.3 Å². The maximum Gasteiger partial charge on any atom is 0.261 e. The summed E-state index contributed by atoms with van der Waals surface area (Å²) in [4.78, 5) is 27.3. The first-order valence-corrected chi connectivity index (χ1v) is 10.2. The van der Waals surface area contributed by atoms with Crippen molar-refractivity contribution in [3.8, 4) is 5.75 Å². The Kier molecular flexibility index (Phi) is 7.07. The zero-order valence-electron chi connectivity index (χ0n) is 17.7. The van der Waals surface area contributed by atoms with Gasteiger partial charge in [0.15, 0.2) is 6.61 Å². The van der Waals surface area contributed by atoms with E-state index < -0.39 is 6.04 Å². The Bertz CT molecular complexity index is 996. The van der Waals surface area contributed by atoms with Crippen molar-refractivity contribution in [1.29, 1.82) is 0 Å². The van der Waals surface area contributed by atoms with Crippen LogP contribution in [0.5, 0.6) is 5.75 Å². The summed E-state index contributed by atoms with van der Waals surface area (Å²) in [7, 11) is 0. The van der Waals surface area contributed by atoms with Crippen LogP contribution < -0.4 is 10.1 Å². The zero-order chi connectivity index (χ0) is 21.5. The van der Waals surface area contributed by atoms with Crippen molar-refractivity contribution >= 4 is 22.6 Å². The van der Waals surface area contributed by atoms with Crippen LogP contribution in [0.4, 0.5) is 0 Å². The zero-order valence-corrected chi connectivity index (χ0v) is 17.7. The minimum atomic E-state index is -0.615. The number of benzene rings is 3. The number of carbonyl (C=O) groups excluding carboxylic acids is 2. The van der Waals surface area contributed by atoms with Crippen molar-refractivity contribution < 1.29 is 14.3 Å². The molecule has 1 N–H and O–H groups in total. The number of carbonyl (C=O) groups is 2. The number of nitrogens with one attached hydrogen (secondary N) is 1. The summed E-state index contributed by atoms with van der Waals surface area (Å²) >= 11 is 0. The van der Waals surface area contributed by atoms with Crippen LogP contribution >= 0.6 is 0 Å². The van der Waals surface area contributed by atoms with E-state index in [1.807, 2.05) is 86.6 Å². The molecule has 2 amide bonds. The molecule has 0 radical (unpaired) electrons. The van der Waals surface area contributed by atoms with Crippen LogP contribution in [0.3, 0.4) is 0 Å². The average Bonchev–Trinajstić information content (AvgIpc) is 2.75. The van der Waals surface area contributed by atoms with Crippen LogP contribution in [0, 0.1) is 0 Å². The maximum absolute atomic E-state index is 13.1. The molecule has 1 atom stereocenters. The Hall–Kier alpha value is -3.34. The molecular formula is C25H28N2O3. The molecule has 0 fully saturated rings. The summed E-state index contributed by atoms with van der Waals surface area (Å²) in [6.07, 6.45) is 0. The molecule has 156 valence electrons. The molecule has 0 aliphatic rings. The van der Waals surface area contributed by atoms with Gasteiger partial charge in [-0.3, -0.25) is 9.59 Å². The standard InChI is InChI=1S/C25H28N2O3/c1-18(2)26-25(29)19(3)27(16-20-10-5-4-6-11-20)24(28)17-30-23-15-9-13-21-12-7-8-14-22(21)23/h4-15,18-19H,16-17H2,1-3H3,(H,26,29). The SMILES string of the molecule is CC(C)NC(=O)C(C)N(Cc1ccccc1)C(=O)COc1cccc2ccccc12. The van der Waals surface area contributed by atoms with Gasteiger partial charge in [0.25, 0.3) is 5.91 Å². The molecule has 3 rings (SSSR count). The molecule has 0 saturated carbocycles. The fraction of sp³-hybridized carbons (Fsp3) is 0.280. The molecule has 1 unspecified atom stereocenters. The van der Waals surface area contributed by atoms with E-state index in [-0.39, 0.29) is 24.5 Å². The van der Waals surface area contributed by atoms with Crippen molar-refractivity contribution in [3.63, 3.8) is 0 Å². The Labute approximate surface area is 177 Å². The van der Waals surface area contributed by atoms with Crippen molar-refractivity contribution in [2.75, 3.05) is 6.61 Å². The highest BCUT2D eigenvalue weighted by Crippen LogP contribution is 2.25. The van der Waals surface area contributed by atoms with Gasteiger partial charge in [-0.2, -0.15) is 0 Å². The lowest BCUT2D eigenvalue weighted by atomic mass is 10.1. The third kappa shape index (κ3) is 5.38. The van der Waals surface area contributed by atoms with Crippen LogP contribution in [-0.4, -0.2) is 35.4 Å². The van der Waals surface area contributed by atoms with Crippen LogP contribution in [0.25, 0.3) is 10.8 Å². The highest BCUT2D eigenvalue weighted by atomic mass is 16.5. The molecule has 0 heterocycles. The lowest BCUT2D eigenvalue weighted by Gasteiger charge is -2.29. The molecule has 0 spiro atoms. The van der Waals surface area contributed by atoms with Gasteiger partial charge in [0.2, 0.25) is 5.91 Å². The summed E-state index contributed by atoms with van der Waals surface area (Å²) < 4.78 is 5.89. The highest BCUT2D eigenvalue weighted by molar-refractivity contribution is 5.90. The van der Waals surface area contributed by atoms with E-state index in [1.54, 1.807) is 11.8 Å². The fourth-order valence-electron chi connectivity index (χ4n) is 3.31. The molecule has 3 aromatic rings. The van der Waals surface area contributed by atoms with Gasteiger partial charge in [-0.1, -0.05) is 66.7 Å². The van der Waals surface area contributed by atoms with E-state index in [2.05, 4.69) is 5.32 Å². The van der Waals surface area contributed by atoms with E-state index in [9.17, 15) is 9.59 Å². The molecule has 0 aliphatic heterocycles. The summed E-state index contributed by atoms with van der Waals surface area (Å²) in [5, 5.41) is 4.89. The molecule has 30 heavy (non-hydrogen) atoms. The summed E-state index contributed by atoms with van der Waals surface area (Å²) in [5.41, 5.74) is 0.959. The molecule has 0 aromatic heterocycles. The predicted octanol–water partition coefficient (Wildman–Crippen LogP) is 4.16. The normalized spacial score (nSPS) is 11.9. The predicted molar refractivity (Wildman–Crippen MR) is 119 cm³/mol. The van der Waals surface area contributed by atoms with E-state index in [4.69, 9.17) is 4.74 Å². The Morgan fingerprint density at radius 1 is 0.900 bits per heavy atom. The number of rotatable bonds is 8. The molecule has 5 heteroatoms. The van der Waals surface area contributed by atoms with E-state index in [1.165, 1.54) is 0 Å². The Morgan fingerprint density at radius 3 is 2.30 bits per heavy atom. The van der Waals surface area contributed by atoms with Gasteiger partial charge in [0.1, 0.15) is 11.8 Å². The van der Waals surface area contributed by atoms with Gasteiger partial charge in [-0.25, -0.2) is 0 Å². The van der Waals surface area contributed by atoms with Gasteiger partial charge < -0.3 is 15.0 Å². The van der Waals surface area contributed by atoms with Crippen molar-refractivity contribution in [3.05, 3.63) is 78.4 Å². The van der Waals surface area contributed by atoms with E-state index >= 15 is 0 Å². The van der Waals surface area contributed by atoms with Gasteiger partial charge in [-0.05, 0) is 37.8 Å². The second kappa shape index (κ2) is 9.92. The summed E-state index contributed by atoms with van der Waals surface area (Å²) in [6, 6.07) is 22.7. The maximum atomic E-state index is 13.1. The average molecular weight is 405 g/mol. The summed E-state index contributed by atoms with van der Waals surface area (Å²) in [5.74, 6) is 0.234. The van der Waals surface area contributed by atoms with Gasteiger partial charge in [0, 0.05) is 18.0 Å². The number of hydrogen-bond acceptors (Lipinski definition) is 3. The van der Waals surface area contributed by atoms with Crippen LogP contribution in [-0.2, 0) is 16.1 Å². The molecule has 5 nitrogen and oxygen atoms in total. The van der Waals surface area contributed by atoms with E-state index in [0.29, 0.717) is 12.3 Å². The second-order valence-electron chi connectivity index (χ2n) is 7.61. The Morgan fingerprint density at radius 2 is 1.57 bits per heavy atom. The third-order valence-electron chi connectivity index (χ3n) is 4.89. The largest absolute Gasteiger partial charge is 0.483 e. The first-order chi connectivity index (χ1) is 14.5. The van der Waals surface area contributed by atoms with Gasteiger partial charge in [0.05, 0.1) is 0 Å². The third-order valence-corrected chi connectivity index (χ3v) is 4.89. The van der Waals surface area contributed by atoms with Gasteiger partial charge >= 0.3 is 0 Å². The fourth-order valence-corrected chi connectivity index (χ4v) is 3.31. The smallest absolute Gasteiger partial charge is 0.261 e. The highest BCUT2D eigenvalue weighted by Gasteiger charge is 2.27. The van der Waals surface area contributed by atoms with Crippen molar-refractivity contribution in [1.82, 2.24) is 10.2 Å². The number of hydrogen-bond donors (Lipinski definition) is 1. The molecule has 0 bridgehead atoms. The lowest BCUT2D eigenvalue weighted by Crippen LogP contribution is -2.50. The number of fused-ring (bicyclic) bond motifs is 1. The number of amides is 2. The monoisotopic (exact) mass is 404 g/mol. The van der Waals surface area contributed by atoms with Crippen molar-refractivity contribution in [2.24, 2.45) is 0 Å². The van der Waals surface area contributed by atoms with Crippen LogP contribution in [0.2, 0.25) is 0 Å².